The van der Waals surface area contributed by atoms with Gasteiger partial charge in [0, 0.05) is 5.56 Å². The number of phenolic OH excluding ortho intramolecular Hbond substituents is 9. The van der Waals surface area contributed by atoms with Gasteiger partial charge in [0.1, 0.15) is 5.92 Å². The number of phenols is 9. The molecule has 9 N–H and O–H groups in total. The van der Waals surface area contributed by atoms with Crippen molar-refractivity contribution < 1.29 is 60.3 Å². The van der Waals surface area contributed by atoms with Crippen molar-refractivity contribution in [3.8, 4) is 51.7 Å². The number of carbonyl (C=O) groups is 3. The van der Waals surface area contributed by atoms with Crippen LogP contribution in [0.5, 0.6) is 51.7 Å². The van der Waals surface area contributed by atoms with Gasteiger partial charge in [-0.25, -0.2) is 0 Å². The Labute approximate surface area is 236 Å². The third-order valence-corrected chi connectivity index (χ3v) is 6.74. The van der Waals surface area contributed by atoms with Crippen LogP contribution in [0.3, 0.4) is 0 Å². The lowest BCUT2D eigenvalue weighted by Gasteiger charge is -2.22. The van der Waals surface area contributed by atoms with Gasteiger partial charge in [0.15, 0.2) is 51.8 Å². The van der Waals surface area contributed by atoms with Crippen LogP contribution in [0, 0.1) is 13.8 Å². The van der Waals surface area contributed by atoms with Crippen LogP contribution in [0.1, 0.15) is 59.2 Å². The number of aryl methyl sites for hydroxylation is 2. The SMILES string of the molecule is Cc1cc(C)c(C(=O)c2ccc(O)c(O)c2O)c(C(C(=O)c2ccc(O)c(O)c2O)C(=O)c2ccc(O)c(O)c2O)c1. The molecule has 0 unspecified atom stereocenters. The Morgan fingerprint density at radius 3 is 1.33 bits per heavy atom. The van der Waals surface area contributed by atoms with Crippen molar-refractivity contribution >= 4 is 17.3 Å². The average Bonchev–Trinajstić information content (AvgIpc) is 2.93. The molecule has 0 saturated carbocycles. The molecule has 0 spiro atoms. The molecule has 0 aromatic heterocycles. The molecule has 0 fully saturated rings. The number of benzene rings is 4. The number of rotatable bonds is 7. The summed E-state index contributed by atoms with van der Waals surface area (Å²) in [4.78, 5) is 41.8. The molecule has 0 radical (unpaired) electrons. The maximum Gasteiger partial charge on any atom is 0.201 e. The summed E-state index contributed by atoms with van der Waals surface area (Å²) < 4.78 is 0. The molecule has 0 heterocycles. The molecular weight excluding hydrogens is 552 g/mol. The zero-order chi connectivity index (χ0) is 31.2. The van der Waals surface area contributed by atoms with Gasteiger partial charge in [-0.2, -0.15) is 0 Å². The quantitative estimate of drug-likeness (QED) is 0.0870. The molecule has 12 nitrogen and oxygen atoms in total. The number of aromatic hydroxyl groups is 9. The first-order valence-electron chi connectivity index (χ1n) is 12.1. The zero-order valence-electron chi connectivity index (χ0n) is 21.9. The number of ketones is 3. The maximum absolute atomic E-state index is 14.0. The van der Waals surface area contributed by atoms with E-state index in [1.807, 2.05) is 0 Å². The van der Waals surface area contributed by atoms with Crippen molar-refractivity contribution in [1.82, 2.24) is 0 Å². The molecule has 0 aliphatic heterocycles. The topological polar surface area (TPSA) is 233 Å². The Bertz CT molecular complexity index is 1740. The normalized spacial score (nSPS) is 11.0. The van der Waals surface area contributed by atoms with Crippen molar-refractivity contribution in [3.05, 3.63) is 87.5 Å². The second-order valence-corrected chi connectivity index (χ2v) is 9.53. The largest absolute Gasteiger partial charge is 0.504 e. The van der Waals surface area contributed by atoms with E-state index in [1.165, 1.54) is 19.1 Å². The van der Waals surface area contributed by atoms with Crippen molar-refractivity contribution in [1.29, 1.82) is 0 Å². The van der Waals surface area contributed by atoms with Crippen LogP contribution in [-0.4, -0.2) is 63.3 Å². The Balaban J connectivity index is 2.06. The molecule has 216 valence electrons. The van der Waals surface area contributed by atoms with Crippen molar-refractivity contribution in [2.45, 2.75) is 19.8 Å². The highest BCUT2D eigenvalue weighted by molar-refractivity contribution is 6.24. The monoisotopic (exact) mass is 576 g/mol. The number of Topliss-reactive ketones (excluding diaryl/α,β-unsaturated/α-hetero) is 2. The Kier molecular flexibility index (Phi) is 7.32. The van der Waals surface area contributed by atoms with Crippen LogP contribution < -0.4 is 0 Å². The van der Waals surface area contributed by atoms with Gasteiger partial charge in [-0.05, 0) is 61.4 Å². The first kappa shape index (κ1) is 29.1. The lowest BCUT2D eigenvalue weighted by atomic mass is 9.78. The molecule has 0 aliphatic carbocycles. The molecule has 0 atom stereocenters. The van der Waals surface area contributed by atoms with Crippen molar-refractivity contribution in [2.75, 3.05) is 0 Å². The standard InChI is InChI=1S/C30H24O12/c1-11-9-12(2)20(22(34)13-3-6-17(31)28(40)25(13)37)16(10-11)21(23(35)14-4-7-18(32)29(41)26(14)38)24(36)15-5-8-19(33)30(42)27(15)39/h3-10,21,31-33,37-42H,1-2H3. The predicted molar refractivity (Wildman–Crippen MR) is 145 cm³/mol. The first-order chi connectivity index (χ1) is 19.7. The number of carbonyl (C=O) groups excluding carboxylic acids is 3. The third kappa shape index (κ3) is 4.70. The molecule has 4 aromatic carbocycles. The smallest absolute Gasteiger partial charge is 0.201 e. The summed E-state index contributed by atoms with van der Waals surface area (Å²) in [6.07, 6.45) is 0. The number of hydrogen-bond donors (Lipinski definition) is 9. The molecule has 0 amide bonds. The van der Waals surface area contributed by atoms with Crippen molar-refractivity contribution in [2.24, 2.45) is 0 Å². The molecule has 42 heavy (non-hydrogen) atoms. The Hall–Kier alpha value is -5.91. The maximum atomic E-state index is 14.0. The van der Waals surface area contributed by atoms with Crippen LogP contribution in [0.4, 0.5) is 0 Å². The first-order valence-corrected chi connectivity index (χ1v) is 12.1. The van der Waals surface area contributed by atoms with E-state index >= 15 is 0 Å². The Morgan fingerprint density at radius 2 is 0.905 bits per heavy atom. The van der Waals surface area contributed by atoms with Gasteiger partial charge < -0.3 is 46.0 Å². The molecular formula is C30H24O12. The third-order valence-electron chi connectivity index (χ3n) is 6.74. The molecule has 0 bridgehead atoms. The predicted octanol–water partition coefficient (Wildman–Crippen LogP) is 3.73. The summed E-state index contributed by atoms with van der Waals surface area (Å²) in [6, 6.07) is 8.32. The van der Waals surface area contributed by atoms with Crippen molar-refractivity contribution in [3.63, 3.8) is 0 Å². The Morgan fingerprint density at radius 1 is 0.524 bits per heavy atom. The summed E-state index contributed by atoms with van der Waals surface area (Å²) in [6.45, 7) is 3.04. The molecule has 0 saturated heterocycles. The van der Waals surface area contributed by atoms with E-state index in [0.717, 1.165) is 36.4 Å². The summed E-state index contributed by atoms with van der Waals surface area (Å²) in [7, 11) is 0. The van der Waals surface area contributed by atoms with Gasteiger partial charge in [-0.15, -0.1) is 0 Å². The van der Waals surface area contributed by atoms with Crippen LogP contribution >= 0.6 is 0 Å². The van der Waals surface area contributed by atoms with Gasteiger partial charge in [0.25, 0.3) is 0 Å². The van der Waals surface area contributed by atoms with Crippen LogP contribution in [0.15, 0.2) is 48.5 Å². The minimum absolute atomic E-state index is 0.197. The van der Waals surface area contributed by atoms with Gasteiger partial charge in [0.05, 0.1) is 16.7 Å². The van der Waals surface area contributed by atoms with E-state index in [1.54, 1.807) is 6.92 Å². The van der Waals surface area contributed by atoms with Gasteiger partial charge in [-0.1, -0.05) is 17.7 Å². The summed E-state index contributed by atoms with van der Waals surface area (Å²) >= 11 is 0. The second kappa shape index (κ2) is 10.6. The fourth-order valence-corrected chi connectivity index (χ4v) is 4.67. The van der Waals surface area contributed by atoms with Gasteiger partial charge >= 0.3 is 0 Å². The number of hydrogen-bond acceptors (Lipinski definition) is 12. The van der Waals surface area contributed by atoms with E-state index in [-0.39, 0.29) is 16.7 Å². The van der Waals surface area contributed by atoms with E-state index in [0.29, 0.717) is 5.56 Å². The minimum Gasteiger partial charge on any atom is -0.504 e. The summed E-state index contributed by atoms with van der Waals surface area (Å²) in [5.74, 6) is -14.1. The highest BCUT2D eigenvalue weighted by atomic mass is 16.3. The average molecular weight is 577 g/mol. The summed E-state index contributed by atoms with van der Waals surface area (Å²) in [5.41, 5.74) is -1.78. The minimum atomic E-state index is -2.07. The highest BCUT2D eigenvalue weighted by Crippen LogP contribution is 2.44. The van der Waals surface area contributed by atoms with Gasteiger partial charge in [-0.3, -0.25) is 14.4 Å². The second-order valence-electron chi connectivity index (χ2n) is 9.53. The van der Waals surface area contributed by atoms with E-state index in [9.17, 15) is 60.3 Å². The van der Waals surface area contributed by atoms with E-state index in [2.05, 4.69) is 0 Å². The molecule has 0 aliphatic rings. The zero-order valence-corrected chi connectivity index (χ0v) is 21.9. The fraction of sp³-hybridized carbons (Fsp3) is 0.100. The fourth-order valence-electron chi connectivity index (χ4n) is 4.67. The van der Waals surface area contributed by atoms with Crippen LogP contribution in [0.25, 0.3) is 0 Å². The summed E-state index contributed by atoms with van der Waals surface area (Å²) in [5, 5.41) is 90.7. The van der Waals surface area contributed by atoms with Crippen LogP contribution in [0.2, 0.25) is 0 Å². The highest BCUT2D eigenvalue weighted by Gasteiger charge is 2.38. The molecule has 4 aromatic rings. The van der Waals surface area contributed by atoms with E-state index in [4.69, 9.17) is 0 Å². The lowest BCUT2D eigenvalue weighted by molar-refractivity contribution is 0.0856. The molecule has 4 rings (SSSR count). The molecule has 12 heteroatoms. The van der Waals surface area contributed by atoms with Gasteiger partial charge in [0.2, 0.25) is 17.2 Å². The lowest BCUT2D eigenvalue weighted by Crippen LogP contribution is -2.26. The van der Waals surface area contributed by atoms with Crippen LogP contribution in [-0.2, 0) is 0 Å². The van der Waals surface area contributed by atoms with E-state index < -0.39 is 91.7 Å².